The molecule has 0 saturated heterocycles. The van der Waals surface area contributed by atoms with Crippen LogP contribution < -0.4 is 11.3 Å². The van der Waals surface area contributed by atoms with E-state index < -0.39 is 0 Å². The third-order valence-corrected chi connectivity index (χ3v) is 3.50. The van der Waals surface area contributed by atoms with Crippen molar-refractivity contribution in [3.05, 3.63) is 34.9 Å². The van der Waals surface area contributed by atoms with Gasteiger partial charge in [0, 0.05) is 6.04 Å². The summed E-state index contributed by atoms with van der Waals surface area (Å²) in [6.45, 7) is 5.89. The Hall–Kier alpha value is -0.900. The lowest BCUT2D eigenvalue weighted by atomic mass is 9.91. The van der Waals surface area contributed by atoms with Crippen molar-refractivity contribution in [2.45, 2.75) is 39.5 Å². The van der Waals surface area contributed by atoms with Crippen LogP contribution in [-0.2, 0) is 18.0 Å². The molecule has 2 unspecified atom stereocenters. The average Bonchev–Trinajstić information content (AvgIpc) is 2.77. The molecular formula is C13H20N2O. The fraction of sp³-hybridized carbons (Fsp3) is 0.538. The quantitative estimate of drug-likeness (QED) is 0.604. The number of nitrogens with two attached hydrogens (primary N) is 1. The minimum atomic E-state index is 0.232. The standard InChI is InChI=1S/C13H20N2O/c1-3-9(2)13(15-14)10-4-5-11-7-16-8-12(11)6-10/h4-6,9,13,15H,3,7-8,14H2,1-2H3. The Kier molecular flexibility index (Phi) is 3.59. The number of rotatable bonds is 4. The van der Waals surface area contributed by atoms with E-state index in [1.165, 1.54) is 16.7 Å². The van der Waals surface area contributed by atoms with Crippen LogP contribution in [0.25, 0.3) is 0 Å². The molecular weight excluding hydrogens is 200 g/mol. The zero-order valence-corrected chi connectivity index (χ0v) is 9.99. The van der Waals surface area contributed by atoms with Crippen LogP contribution in [0, 0.1) is 5.92 Å². The third kappa shape index (κ3) is 2.12. The Bertz CT molecular complexity index is 365. The summed E-state index contributed by atoms with van der Waals surface area (Å²) in [4.78, 5) is 0. The second-order valence-corrected chi connectivity index (χ2v) is 4.55. The summed E-state index contributed by atoms with van der Waals surface area (Å²) < 4.78 is 5.42. The van der Waals surface area contributed by atoms with E-state index in [1.807, 2.05) is 0 Å². The number of fused-ring (bicyclic) bond motifs is 1. The molecule has 3 N–H and O–H groups in total. The molecule has 0 fully saturated rings. The minimum absolute atomic E-state index is 0.232. The molecule has 16 heavy (non-hydrogen) atoms. The fourth-order valence-electron chi connectivity index (χ4n) is 2.21. The lowest BCUT2D eigenvalue weighted by Gasteiger charge is -2.23. The summed E-state index contributed by atoms with van der Waals surface area (Å²) in [5, 5.41) is 0. The van der Waals surface area contributed by atoms with E-state index in [0.29, 0.717) is 5.92 Å². The SMILES string of the molecule is CCC(C)C(NN)c1ccc2c(c1)COC2. The molecule has 3 nitrogen and oxygen atoms in total. The van der Waals surface area contributed by atoms with Gasteiger partial charge < -0.3 is 4.74 Å². The molecule has 3 heteroatoms. The van der Waals surface area contributed by atoms with Crippen LogP contribution in [-0.4, -0.2) is 0 Å². The van der Waals surface area contributed by atoms with E-state index in [4.69, 9.17) is 10.6 Å². The van der Waals surface area contributed by atoms with Gasteiger partial charge in [0.05, 0.1) is 13.2 Å². The first-order valence-electron chi connectivity index (χ1n) is 5.91. The monoisotopic (exact) mass is 220 g/mol. The third-order valence-electron chi connectivity index (χ3n) is 3.50. The van der Waals surface area contributed by atoms with Gasteiger partial charge in [-0.1, -0.05) is 38.5 Å². The molecule has 0 amide bonds. The van der Waals surface area contributed by atoms with Crippen molar-refractivity contribution in [2.24, 2.45) is 11.8 Å². The summed E-state index contributed by atoms with van der Waals surface area (Å²) in [6.07, 6.45) is 1.11. The predicted molar refractivity (Wildman–Crippen MR) is 64.5 cm³/mol. The lowest BCUT2D eigenvalue weighted by molar-refractivity contribution is 0.134. The fourth-order valence-corrected chi connectivity index (χ4v) is 2.21. The van der Waals surface area contributed by atoms with Crippen molar-refractivity contribution in [1.82, 2.24) is 5.43 Å². The largest absolute Gasteiger partial charge is 0.372 e. The van der Waals surface area contributed by atoms with E-state index in [-0.39, 0.29) is 6.04 Å². The van der Waals surface area contributed by atoms with Gasteiger partial charge >= 0.3 is 0 Å². The summed E-state index contributed by atoms with van der Waals surface area (Å²) in [5.41, 5.74) is 6.80. The van der Waals surface area contributed by atoms with Gasteiger partial charge in [0.15, 0.2) is 0 Å². The zero-order valence-electron chi connectivity index (χ0n) is 9.99. The average molecular weight is 220 g/mol. The number of hydrogen-bond acceptors (Lipinski definition) is 3. The molecule has 0 aromatic heterocycles. The maximum atomic E-state index is 5.65. The Labute approximate surface area is 97.0 Å². The first kappa shape index (κ1) is 11.6. The van der Waals surface area contributed by atoms with Gasteiger partial charge in [0.25, 0.3) is 0 Å². The number of hydrogen-bond donors (Lipinski definition) is 2. The van der Waals surface area contributed by atoms with E-state index in [0.717, 1.165) is 19.6 Å². The first-order valence-corrected chi connectivity index (χ1v) is 5.91. The van der Waals surface area contributed by atoms with Gasteiger partial charge in [0.1, 0.15) is 0 Å². The predicted octanol–water partition coefficient (Wildman–Crippen LogP) is 2.27. The Balaban J connectivity index is 2.25. The highest BCUT2D eigenvalue weighted by molar-refractivity contribution is 5.34. The minimum Gasteiger partial charge on any atom is -0.372 e. The van der Waals surface area contributed by atoms with Crippen molar-refractivity contribution < 1.29 is 4.74 Å². The van der Waals surface area contributed by atoms with E-state index in [1.54, 1.807) is 0 Å². The van der Waals surface area contributed by atoms with Crippen LogP contribution in [0.4, 0.5) is 0 Å². The van der Waals surface area contributed by atoms with Gasteiger partial charge in [-0.05, 0) is 22.6 Å². The number of nitrogens with one attached hydrogen (secondary N) is 1. The highest BCUT2D eigenvalue weighted by Gasteiger charge is 2.19. The number of ether oxygens (including phenoxy) is 1. The molecule has 1 aliphatic rings. The molecule has 1 aromatic carbocycles. The van der Waals surface area contributed by atoms with E-state index >= 15 is 0 Å². The van der Waals surface area contributed by atoms with Crippen LogP contribution in [0.1, 0.15) is 43.0 Å². The van der Waals surface area contributed by atoms with Crippen molar-refractivity contribution in [2.75, 3.05) is 0 Å². The molecule has 2 rings (SSSR count). The molecule has 0 radical (unpaired) electrons. The molecule has 1 aliphatic heterocycles. The number of hydrazine groups is 1. The van der Waals surface area contributed by atoms with Gasteiger partial charge in [-0.3, -0.25) is 11.3 Å². The van der Waals surface area contributed by atoms with Crippen molar-refractivity contribution in [1.29, 1.82) is 0 Å². The second kappa shape index (κ2) is 4.95. The maximum absolute atomic E-state index is 5.65. The van der Waals surface area contributed by atoms with Crippen LogP contribution in [0.5, 0.6) is 0 Å². The maximum Gasteiger partial charge on any atom is 0.0725 e. The van der Waals surface area contributed by atoms with Crippen LogP contribution in [0.15, 0.2) is 18.2 Å². The first-order chi connectivity index (χ1) is 7.76. The highest BCUT2D eigenvalue weighted by atomic mass is 16.5. The molecule has 0 spiro atoms. The van der Waals surface area contributed by atoms with Crippen molar-refractivity contribution in [3.8, 4) is 0 Å². The molecule has 0 aliphatic carbocycles. The highest BCUT2D eigenvalue weighted by Crippen LogP contribution is 2.28. The Morgan fingerprint density at radius 2 is 2.12 bits per heavy atom. The van der Waals surface area contributed by atoms with Gasteiger partial charge in [-0.15, -0.1) is 0 Å². The summed E-state index contributed by atoms with van der Waals surface area (Å²) in [6, 6.07) is 6.77. The van der Waals surface area contributed by atoms with Gasteiger partial charge in [-0.2, -0.15) is 0 Å². The summed E-state index contributed by atoms with van der Waals surface area (Å²) in [5.74, 6) is 6.18. The summed E-state index contributed by atoms with van der Waals surface area (Å²) >= 11 is 0. The lowest BCUT2D eigenvalue weighted by Crippen LogP contribution is -2.32. The van der Waals surface area contributed by atoms with Crippen molar-refractivity contribution >= 4 is 0 Å². The molecule has 1 heterocycles. The van der Waals surface area contributed by atoms with Crippen LogP contribution in [0.3, 0.4) is 0 Å². The van der Waals surface area contributed by atoms with Gasteiger partial charge in [0.2, 0.25) is 0 Å². The molecule has 88 valence electrons. The molecule has 0 bridgehead atoms. The van der Waals surface area contributed by atoms with E-state index in [2.05, 4.69) is 37.5 Å². The van der Waals surface area contributed by atoms with E-state index in [9.17, 15) is 0 Å². The number of benzene rings is 1. The van der Waals surface area contributed by atoms with Crippen LogP contribution in [0.2, 0.25) is 0 Å². The molecule has 0 saturated carbocycles. The Morgan fingerprint density at radius 3 is 2.81 bits per heavy atom. The Morgan fingerprint density at radius 1 is 1.38 bits per heavy atom. The smallest absolute Gasteiger partial charge is 0.0725 e. The molecule has 1 aromatic rings. The van der Waals surface area contributed by atoms with Gasteiger partial charge in [-0.25, -0.2) is 0 Å². The molecule has 2 atom stereocenters. The second-order valence-electron chi connectivity index (χ2n) is 4.55. The van der Waals surface area contributed by atoms with Crippen molar-refractivity contribution in [3.63, 3.8) is 0 Å². The normalized spacial score (nSPS) is 18.2. The summed E-state index contributed by atoms with van der Waals surface area (Å²) in [7, 11) is 0. The zero-order chi connectivity index (χ0) is 11.5. The van der Waals surface area contributed by atoms with Crippen LogP contribution >= 0.6 is 0 Å². The topological polar surface area (TPSA) is 47.3 Å².